The molecule has 134 heavy (non-hydrogen) atoms. The maximum absolute atomic E-state index is 15.4. The molecule has 1 rings (SSSR count). The van der Waals surface area contributed by atoms with E-state index in [0.29, 0.717) is 17.5 Å². The average Bonchev–Trinajstić information content (AvgIpc) is 0.979. The summed E-state index contributed by atoms with van der Waals surface area (Å²) in [5.41, 5.74) is 28.5. The van der Waals surface area contributed by atoms with Gasteiger partial charge in [0.1, 0.15) is 56.6 Å². The smallest absolute Gasteiger partial charge is 0.305 e. The van der Waals surface area contributed by atoms with E-state index in [9.17, 15) is 96.2 Å². The molecule has 55 heteroatoms. The molecule has 0 aromatic heterocycles. The number of nitrogens with one attached hydrogen (secondary N) is 22. The molecule has 0 aromatic rings. The van der Waals surface area contributed by atoms with Crippen molar-refractivity contribution in [2.24, 2.45) is 52.3 Å². The summed E-state index contributed by atoms with van der Waals surface area (Å²) in [6, 6.07) is -19.0. The van der Waals surface area contributed by atoms with Gasteiger partial charge in [-0.1, -0.05) is 80.4 Å². The lowest BCUT2D eigenvalue weighted by molar-refractivity contribution is -0.151. The van der Waals surface area contributed by atoms with E-state index in [1.807, 2.05) is 0 Å². The maximum Gasteiger partial charge on any atom is 0.305 e. The van der Waals surface area contributed by atoms with Gasteiger partial charge in [0.15, 0.2) is 85.1 Å². The highest BCUT2D eigenvalue weighted by Gasteiger charge is 2.46. The Bertz CT molecular complexity index is 4110. The molecule has 0 bridgehead atoms. The normalized spacial score (nSPS) is 18.3. The largest absolute Gasteiger partial charge is 0.481 e. The molecular formula is C79H130N28O27. The van der Waals surface area contributed by atoms with Crippen LogP contribution in [0.1, 0.15) is 139 Å². The Labute approximate surface area is 770 Å². The quantitative estimate of drug-likeness (QED) is 0.00511. The minimum atomic E-state index is -2.63. The van der Waals surface area contributed by atoms with Gasteiger partial charge in [0.2, 0.25) is 17.7 Å². The summed E-state index contributed by atoms with van der Waals surface area (Å²) in [5, 5.41) is 66.1. The summed E-state index contributed by atoms with van der Waals surface area (Å²) in [6.07, 6.45) is -19.8. The van der Waals surface area contributed by atoms with E-state index in [-0.39, 0.29) is 95.5 Å². The van der Waals surface area contributed by atoms with E-state index >= 15 is 33.6 Å². The average molecular weight is 1900 g/mol. The van der Waals surface area contributed by atoms with Gasteiger partial charge in [-0.2, -0.15) is 0 Å². The number of carbonyl (C=O) groups excluding carboxylic acids is 25. The molecule has 0 unspecified atom stereocenters. The fourth-order valence-electron chi connectivity index (χ4n) is 12.3. The Morgan fingerprint density at radius 2 is 0.940 bits per heavy atom. The van der Waals surface area contributed by atoms with Gasteiger partial charge in [0, 0.05) is 39.4 Å². The number of Topliss-reactive ketones (excluding diaryl/α,β-unsaturated/α-hetero) is 2. The number of hydrogen-bond acceptors (Lipinski definition) is 38. The number of hydrogen-bond donors (Lipinski definition) is 28. The summed E-state index contributed by atoms with van der Waals surface area (Å²) < 4.78 is 0. The molecule has 1 aliphatic rings. The monoisotopic (exact) mass is 1900 g/mol. The van der Waals surface area contributed by atoms with Crippen LogP contribution in [0.25, 0.3) is 0 Å². The van der Waals surface area contributed by atoms with Crippen LogP contribution in [0, 0.1) is 29.1 Å². The summed E-state index contributed by atoms with van der Waals surface area (Å²) in [4.78, 5) is 355. The molecule has 1 heterocycles. The van der Waals surface area contributed by atoms with Gasteiger partial charge in [-0.3, -0.25) is 135 Å². The molecule has 22 atom stereocenters. The first-order valence-corrected chi connectivity index (χ1v) is 42.7. The van der Waals surface area contributed by atoms with Gasteiger partial charge in [-0.05, 0) is 69.1 Å². The van der Waals surface area contributed by atoms with Gasteiger partial charge in [-0.25, -0.2) is 0 Å². The third-order valence-corrected chi connectivity index (χ3v) is 20.2. The van der Waals surface area contributed by atoms with Gasteiger partial charge in [-0.15, -0.1) is 0 Å². The Balaban J connectivity index is 4.63. The molecular weight excluding hydrogens is 1770 g/mol. The second-order valence-electron chi connectivity index (χ2n) is 31.7. The molecule has 0 fully saturated rings. The van der Waals surface area contributed by atoms with Crippen LogP contribution in [0.5, 0.6) is 0 Å². The van der Waals surface area contributed by atoms with Gasteiger partial charge in [0.05, 0.1) is 73.9 Å². The highest BCUT2D eigenvalue weighted by molar-refractivity contribution is 6.15. The van der Waals surface area contributed by atoms with Crippen molar-refractivity contribution in [3.63, 3.8) is 0 Å². The molecule has 33 N–H and O–H groups in total. The Morgan fingerprint density at radius 1 is 0.522 bits per heavy atom. The van der Waals surface area contributed by atoms with Crippen molar-refractivity contribution in [2.75, 3.05) is 33.2 Å². The van der Waals surface area contributed by atoms with Crippen molar-refractivity contribution in [3.8, 4) is 0 Å². The second kappa shape index (κ2) is 63.2. The SMILES string of the molecule is CC[C@@H](C)[C@H](C=O)N[C@H](NC(=O)[C@@H](NC(=O)[C@@H](NC(=O)[C@@H](NC(=O)[C@H](NC(=O)[C@@H](NC(=O)[C@H](C(=O)CN)N1C/C=C/CCC(=O)N[C@@H](N[C@@H](C=O)CCC(N)=O)C(=O)N[C@@H](C(=O)[C@@H](N)C(C)C)C1=O)N[C@@H](C=O)CCCNC(=N)N)N[C@@H](C=O)CCC(N)=O)N[C@@H](C=O)CC(C)C)N[C@@H](C)C=O)N[C@@H](C=O)[C@H](C)CC)C(=O)N[C@H](NCC=O)C(=O)N[C@H](N[C@@H](C=O)CC(=O)O)C(=O)NC. The first-order valence-electron chi connectivity index (χ1n) is 42.7. The highest BCUT2D eigenvalue weighted by atomic mass is 16.4. The summed E-state index contributed by atoms with van der Waals surface area (Å²) >= 11 is 0. The number of aliphatic carboxylic acids is 1. The summed E-state index contributed by atoms with van der Waals surface area (Å²) in [7, 11) is 1.09. The van der Waals surface area contributed by atoms with Crippen LogP contribution in [0.2, 0.25) is 0 Å². The number of aldehydes is 9. The van der Waals surface area contributed by atoms with E-state index in [1.165, 1.54) is 33.8 Å². The fourth-order valence-corrected chi connectivity index (χ4v) is 12.3. The van der Waals surface area contributed by atoms with Gasteiger partial charge in [0.25, 0.3) is 65.0 Å². The third-order valence-electron chi connectivity index (χ3n) is 20.2. The molecule has 0 aromatic carbocycles. The van der Waals surface area contributed by atoms with Crippen LogP contribution in [-0.4, -0.2) is 328 Å². The van der Waals surface area contributed by atoms with E-state index in [1.54, 1.807) is 27.7 Å². The molecule has 55 nitrogen and oxygen atoms in total. The lowest BCUT2D eigenvalue weighted by Gasteiger charge is -2.34. The number of guanidine groups is 1. The van der Waals surface area contributed by atoms with Crippen molar-refractivity contribution < 1.29 is 130 Å². The number of nitrogens with zero attached hydrogens (tertiary/aromatic N) is 1. The number of nitrogens with two attached hydrogens (primary N) is 5. The zero-order valence-electron chi connectivity index (χ0n) is 75.9. The molecule has 0 spiro atoms. The number of rotatable bonds is 68. The van der Waals surface area contributed by atoms with Crippen LogP contribution in [0.4, 0.5) is 0 Å². The number of carboxylic acids is 1. The lowest BCUT2D eigenvalue weighted by atomic mass is 9.94. The maximum atomic E-state index is 15.4. The Morgan fingerprint density at radius 3 is 1.34 bits per heavy atom. The standard InChI is InChI=1S/C79H130N28O27/c1-11-40(7)48(36-115)95-66(76(132)99-59(87-24-26-108)70(126)101-60(69(125)86-10)94-47(35-114)28-54(121)122)106-77(133)67(96-49(37-116)41(8)12-2)105-72(128)61(89-42(9)30-109)102-75(131)65(93-46(34-113)27-38(3)4)104-74(130)64(92-45(33-112)20-22-52(82)119)103-73(129)63(90-43(31-110)17-16-23-88-79(84)85)100-68(124)57(50(117)29-80)107-25-15-13-14-18-53(120)97-62(91-44(32-111)19-21-51(81)118)71(127)98-56(78(107)134)58(123)55(83)39(5)6/h13,15,26,30-49,55-57,59-67,87,89-96H,11-12,14,16-25,27-29,80,83H2,1-10H3,(H2,81,118)(H2,82,119)(H,86,125)(H,97,120)(H,98,127)(H,99,132)(H,100,124)(H,101,126)(H,102,131)(H,103,129)(H,104,130)(H,105,128)(H,106,133)(H,121,122)(H4,84,85,88)/b15-13+/t40-,41-,42+,43-,44-,45-,46-,47-,48+,49+,55+,56+,57+,59+,60+,61-,62-,63-,64+,65-,66-,67-/m1/s1. The Hall–Kier alpha value is -13.0. The van der Waals surface area contributed by atoms with Crippen LogP contribution >= 0.6 is 0 Å². The van der Waals surface area contributed by atoms with Crippen LogP contribution in [0.3, 0.4) is 0 Å². The predicted octanol–water partition coefficient (Wildman–Crippen LogP) is -14.7. The van der Waals surface area contributed by atoms with Gasteiger partial charge >= 0.3 is 5.97 Å². The lowest BCUT2D eigenvalue weighted by Crippen LogP contribution is -2.70. The fraction of sp³-hybridized carbons (Fsp3) is 0.633. The van der Waals surface area contributed by atoms with Crippen molar-refractivity contribution in [3.05, 3.63) is 12.2 Å². The minimum Gasteiger partial charge on any atom is -0.481 e. The van der Waals surface area contributed by atoms with Crippen molar-refractivity contribution >= 4 is 163 Å². The Kier molecular flexibility index (Phi) is 56.1. The van der Waals surface area contributed by atoms with Crippen molar-refractivity contribution in [2.45, 2.75) is 261 Å². The first kappa shape index (κ1) is 119. The zero-order chi connectivity index (χ0) is 102. The molecule has 748 valence electrons. The number of allylic oxidation sites excluding steroid dienone is 1. The van der Waals surface area contributed by atoms with E-state index < -0.39 is 304 Å². The topological polar surface area (TPSA) is 874 Å². The van der Waals surface area contributed by atoms with E-state index in [2.05, 4.69) is 112 Å². The minimum absolute atomic E-state index is 0.0870. The van der Waals surface area contributed by atoms with Crippen molar-refractivity contribution in [1.29, 1.82) is 5.41 Å². The number of amides is 14. The van der Waals surface area contributed by atoms with Crippen molar-refractivity contribution in [1.82, 2.24) is 117 Å². The second-order valence-corrected chi connectivity index (χ2v) is 31.7. The number of primary amides is 2. The van der Waals surface area contributed by atoms with Crippen LogP contribution in [0.15, 0.2) is 12.2 Å². The molecule has 0 aliphatic carbocycles. The first-order chi connectivity index (χ1) is 63.2. The van der Waals surface area contributed by atoms with E-state index in [0.717, 1.165) is 20.0 Å². The van der Waals surface area contributed by atoms with E-state index in [4.69, 9.17) is 34.1 Å². The molecule has 1 aliphatic heterocycles. The number of carbonyl (C=O) groups is 26. The van der Waals surface area contributed by atoms with Gasteiger partial charge < -0.3 is 146 Å². The summed E-state index contributed by atoms with van der Waals surface area (Å²) in [6.45, 7) is 10.6. The predicted molar refractivity (Wildman–Crippen MR) is 469 cm³/mol. The van der Waals surface area contributed by atoms with Crippen LogP contribution in [-0.2, 0) is 125 Å². The summed E-state index contributed by atoms with van der Waals surface area (Å²) in [5.74, 6) is -26.8. The zero-order valence-corrected chi connectivity index (χ0v) is 75.9. The number of ketones is 2. The molecule has 0 radical (unpaired) electrons. The molecule has 14 amide bonds. The number of likely N-dealkylation sites (N-methyl/N-ethyl adjacent to an activating group) is 1. The number of carboxylic acid groups (broad SMARTS) is 1. The third kappa shape index (κ3) is 43.1. The van der Waals surface area contributed by atoms with Crippen LogP contribution < -0.4 is 140 Å². The highest BCUT2D eigenvalue weighted by Crippen LogP contribution is 2.16. The molecule has 0 saturated carbocycles. The molecule has 0 saturated heterocycles.